The molecule has 0 saturated heterocycles. The molecule has 1 aliphatic rings. The highest BCUT2D eigenvalue weighted by Crippen LogP contribution is 2.37. The molecule has 0 radical (unpaired) electrons. The predicted molar refractivity (Wildman–Crippen MR) is 85.9 cm³/mol. The fraction of sp³-hybridized carbons (Fsp3) is 0.500. The first-order valence-corrected chi connectivity index (χ1v) is 9.12. The SMILES string of the molecule is CC(C)CNC(=O)[C@@H]1CN(S(C)(=O)=O)c2cc(Cl)ccc2O1. The number of sulfonamides is 1. The summed E-state index contributed by atoms with van der Waals surface area (Å²) < 4.78 is 30.8. The van der Waals surface area contributed by atoms with Gasteiger partial charge in [0.2, 0.25) is 10.0 Å². The van der Waals surface area contributed by atoms with Gasteiger partial charge in [-0.05, 0) is 24.1 Å². The highest BCUT2D eigenvalue weighted by atomic mass is 35.5. The first kappa shape index (κ1) is 16.9. The summed E-state index contributed by atoms with van der Waals surface area (Å²) in [6.45, 7) is 4.38. The lowest BCUT2D eigenvalue weighted by Gasteiger charge is -2.34. The van der Waals surface area contributed by atoms with Crippen LogP contribution in [0.2, 0.25) is 5.02 Å². The van der Waals surface area contributed by atoms with Crippen LogP contribution in [-0.4, -0.2) is 39.8 Å². The van der Waals surface area contributed by atoms with E-state index in [0.717, 1.165) is 10.6 Å². The van der Waals surface area contributed by atoms with Gasteiger partial charge < -0.3 is 10.1 Å². The highest BCUT2D eigenvalue weighted by Gasteiger charge is 2.35. The Morgan fingerprint density at radius 1 is 1.50 bits per heavy atom. The lowest BCUT2D eigenvalue weighted by atomic mass is 10.2. The van der Waals surface area contributed by atoms with Gasteiger partial charge in [-0.2, -0.15) is 0 Å². The molecule has 0 aromatic heterocycles. The minimum atomic E-state index is -3.54. The average molecular weight is 347 g/mol. The van der Waals surface area contributed by atoms with Crippen molar-refractivity contribution in [2.45, 2.75) is 20.0 Å². The summed E-state index contributed by atoms with van der Waals surface area (Å²) in [5.74, 6) is 0.290. The molecule has 1 aliphatic heterocycles. The van der Waals surface area contributed by atoms with Gasteiger partial charge in [-0.3, -0.25) is 9.10 Å². The Balaban J connectivity index is 2.29. The van der Waals surface area contributed by atoms with Crippen LogP contribution >= 0.6 is 11.6 Å². The molecule has 22 heavy (non-hydrogen) atoms. The molecule has 0 bridgehead atoms. The molecule has 122 valence electrons. The Morgan fingerprint density at radius 2 is 2.18 bits per heavy atom. The molecule has 6 nitrogen and oxygen atoms in total. The largest absolute Gasteiger partial charge is 0.476 e. The number of amides is 1. The van der Waals surface area contributed by atoms with E-state index < -0.39 is 16.1 Å². The monoisotopic (exact) mass is 346 g/mol. The standard InChI is InChI=1S/C14H19ClN2O4S/c1-9(2)7-16-14(18)13-8-17(22(3,19)20)11-6-10(15)4-5-12(11)21-13/h4-6,9,13H,7-8H2,1-3H3,(H,16,18)/t13-/m0/s1. The summed E-state index contributed by atoms with van der Waals surface area (Å²) >= 11 is 5.92. The molecule has 1 aromatic carbocycles. The zero-order valence-corrected chi connectivity index (χ0v) is 14.2. The number of anilines is 1. The number of rotatable bonds is 4. The van der Waals surface area contributed by atoms with Gasteiger partial charge in [0.1, 0.15) is 5.75 Å². The van der Waals surface area contributed by atoms with E-state index in [9.17, 15) is 13.2 Å². The molecular formula is C14H19ClN2O4S. The van der Waals surface area contributed by atoms with Gasteiger partial charge in [0.15, 0.2) is 6.10 Å². The number of carbonyl (C=O) groups is 1. The number of hydrogen-bond donors (Lipinski definition) is 1. The molecular weight excluding hydrogens is 328 g/mol. The summed E-state index contributed by atoms with van der Waals surface area (Å²) in [5, 5.41) is 3.16. The number of fused-ring (bicyclic) bond motifs is 1. The van der Waals surface area contributed by atoms with Crippen molar-refractivity contribution in [3.63, 3.8) is 0 Å². The Labute approximate surface area is 135 Å². The van der Waals surface area contributed by atoms with Gasteiger partial charge in [0, 0.05) is 11.6 Å². The van der Waals surface area contributed by atoms with Crippen LogP contribution in [0.3, 0.4) is 0 Å². The minimum Gasteiger partial charge on any atom is -0.476 e. The van der Waals surface area contributed by atoms with E-state index in [4.69, 9.17) is 16.3 Å². The number of benzene rings is 1. The third-order valence-corrected chi connectivity index (χ3v) is 4.55. The van der Waals surface area contributed by atoms with Crippen molar-refractivity contribution in [3.8, 4) is 5.75 Å². The van der Waals surface area contributed by atoms with Gasteiger partial charge in [-0.1, -0.05) is 25.4 Å². The minimum absolute atomic E-state index is 0.0733. The van der Waals surface area contributed by atoms with Crippen LogP contribution in [0, 0.1) is 5.92 Å². The van der Waals surface area contributed by atoms with Crippen LogP contribution in [-0.2, 0) is 14.8 Å². The normalized spacial score (nSPS) is 17.9. The average Bonchev–Trinajstić information content (AvgIpc) is 2.42. The van der Waals surface area contributed by atoms with Crippen LogP contribution < -0.4 is 14.4 Å². The van der Waals surface area contributed by atoms with Gasteiger partial charge in [-0.25, -0.2) is 8.42 Å². The van der Waals surface area contributed by atoms with E-state index in [2.05, 4.69) is 5.32 Å². The summed E-state index contributed by atoms with van der Waals surface area (Å²) in [6.07, 6.45) is 0.202. The second-order valence-corrected chi connectivity index (χ2v) is 7.99. The molecule has 0 saturated carbocycles. The third kappa shape index (κ3) is 3.84. The van der Waals surface area contributed by atoms with Crippen molar-refractivity contribution < 1.29 is 17.9 Å². The van der Waals surface area contributed by atoms with E-state index in [1.54, 1.807) is 12.1 Å². The Bertz CT molecular complexity index is 675. The van der Waals surface area contributed by atoms with Crippen LogP contribution in [0.25, 0.3) is 0 Å². The predicted octanol–water partition coefficient (Wildman–Crippen LogP) is 1.64. The van der Waals surface area contributed by atoms with E-state index in [-0.39, 0.29) is 12.5 Å². The molecule has 0 unspecified atom stereocenters. The Morgan fingerprint density at radius 3 is 2.77 bits per heavy atom. The van der Waals surface area contributed by atoms with Crippen LogP contribution in [0.15, 0.2) is 18.2 Å². The van der Waals surface area contributed by atoms with E-state index in [0.29, 0.717) is 28.9 Å². The molecule has 1 heterocycles. The van der Waals surface area contributed by atoms with Crippen molar-refractivity contribution >= 4 is 33.2 Å². The number of nitrogens with zero attached hydrogens (tertiary/aromatic N) is 1. The quantitative estimate of drug-likeness (QED) is 0.899. The lowest BCUT2D eigenvalue weighted by molar-refractivity contribution is -0.127. The third-order valence-electron chi connectivity index (χ3n) is 3.17. The Kier molecular flexibility index (Phi) is 4.87. The van der Waals surface area contributed by atoms with Crippen molar-refractivity contribution in [1.29, 1.82) is 0 Å². The lowest BCUT2D eigenvalue weighted by Crippen LogP contribution is -2.50. The molecule has 1 atom stereocenters. The van der Waals surface area contributed by atoms with Crippen molar-refractivity contribution in [2.75, 3.05) is 23.7 Å². The smallest absolute Gasteiger partial charge is 0.263 e. The number of nitrogens with one attached hydrogen (secondary N) is 1. The van der Waals surface area contributed by atoms with E-state index in [1.807, 2.05) is 13.8 Å². The maximum absolute atomic E-state index is 12.2. The number of hydrogen-bond acceptors (Lipinski definition) is 4. The molecule has 0 fully saturated rings. The maximum Gasteiger partial charge on any atom is 0.263 e. The fourth-order valence-corrected chi connectivity index (χ4v) is 3.17. The zero-order chi connectivity index (χ0) is 16.5. The van der Waals surface area contributed by atoms with E-state index in [1.165, 1.54) is 6.07 Å². The summed E-state index contributed by atoms with van der Waals surface area (Å²) in [7, 11) is -3.54. The molecule has 2 rings (SSSR count). The van der Waals surface area contributed by atoms with Crippen LogP contribution in [0.4, 0.5) is 5.69 Å². The maximum atomic E-state index is 12.2. The number of halogens is 1. The van der Waals surface area contributed by atoms with Crippen LogP contribution in [0.1, 0.15) is 13.8 Å². The molecule has 1 amide bonds. The van der Waals surface area contributed by atoms with E-state index >= 15 is 0 Å². The first-order valence-electron chi connectivity index (χ1n) is 6.90. The summed E-state index contributed by atoms with van der Waals surface area (Å²) in [5.41, 5.74) is 0.350. The van der Waals surface area contributed by atoms with Crippen molar-refractivity contribution in [1.82, 2.24) is 5.32 Å². The molecule has 0 aliphatic carbocycles. The molecule has 0 spiro atoms. The highest BCUT2D eigenvalue weighted by molar-refractivity contribution is 7.92. The van der Waals surface area contributed by atoms with Gasteiger partial charge >= 0.3 is 0 Å². The number of carbonyl (C=O) groups excluding carboxylic acids is 1. The fourth-order valence-electron chi connectivity index (χ4n) is 2.09. The first-order chi connectivity index (χ1) is 10.2. The van der Waals surface area contributed by atoms with Crippen molar-refractivity contribution in [3.05, 3.63) is 23.2 Å². The molecule has 8 heteroatoms. The van der Waals surface area contributed by atoms with Gasteiger partial charge in [0.05, 0.1) is 18.5 Å². The molecule has 1 N–H and O–H groups in total. The van der Waals surface area contributed by atoms with Crippen molar-refractivity contribution in [2.24, 2.45) is 5.92 Å². The second kappa shape index (κ2) is 6.34. The topological polar surface area (TPSA) is 75.7 Å². The van der Waals surface area contributed by atoms with Gasteiger partial charge in [0.25, 0.3) is 5.91 Å². The molecule has 1 aromatic rings. The Hall–Kier alpha value is -1.47. The zero-order valence-electron chi connectivity index (χ0n) is 12.7. The second-order valence-electron chi connectivity index (χ2n) is 5.65. The van der Waals surface area contributed by atoms with Gasteiger partial charge in [-0.15, -0.1) is 0 Å². The summed E-state index contributed by atoms with van der Waals surface area (Å²) in [6, 6.07) is 4.67. The summed E-state index contributed by atoms with van der Waals surface area (Å²) in [4.78, 5) is 12.2. The number of ether oxygens (including phenoxy) is 1. The van der Waals surface area contributed by atoms with Crippen LogP contribution in [0.5, 0.6) is 5.75 Å².